The molecular formula is C13H17BrN2O2. The highest BCUT2D eigenvalue weighted by atomic mass is 79.9. The Morgan fingerprint density at radius 2 is 2.33 bits per heavy atom. The number of carbonyl (C=O) groups excluding carboxylic acids is 1. The summed E-state index contributed by atoms with van der Waals surface area (Å²) < 4.78 is 6.65. The van der Waals surface area contributed by atoms with Crippen molar-refractivity contribution in [3.8, 4) is 5.75 Å². The van der Waals surface area contributed by atoms with Crippen LogP contribution in [0.2, 0.25) is 0 Å². The Morgan fingerprint density at radius 3 is 3.11 bits per heavy atom. The number of hydrogen-bond donors (Lipinski definition) is 2. The minimum Gasteiger partial charge on any atom is -0.493 e. The van der Waals surface area contributed by atoms with Crippen LogP contribution in [0.1, 0.15) is 17.5 Å². The average molecular weight is 313 g/mol. The third-order valence-electron chi connectivity index (χ3n) is 2.90. The van der Waals surface area contributed by atoms with Crippen LogP contribution in [-0.2, 0) is 17.8 Å². The molecule has 5 heteroatoms. The Kier molecular flexibility index (Phi) is 4.60. The molecule has 18 heavy (non-hydrogen) atoms. The predicted octanol–water partition coefficient (Wildman–Crippen LogP) is 1.61. The van der Waals surface area contributed by atoms with Gasteiger partial charge in [0.25, 0.3) is 0 Å². The highest BCUT2D eigenvalue weighted by Gasteiger charge is 2.17. The fourth-order valence-corrected chi connectivity index (χ4v) is 2.55. The summed E-state index contributed by atoms with van der Waals surface area (Å²) in [6, 6.07) is 4.08. The van der Waals surface area contributed by atoms with Crippen molar-refractivity contribution in [2.75, 3.05) is 20.2 Å². The lowest BCUT2D eigenvalue weighted by Gasteiger charge is -2.10. The molecule has 1 aliphatic heterocycles. The normalized spacial score (nSPS) is 13.0. The van der Waals surface area contributed by atoms with Gasteiger partial charge in [0, 0.05) is 36.0 Å². The van der Waals surface area contributed by atoms with Gasteiger partial charge < -0.3 is 15.4 Å². The molecule has 2 rings (SSSR count). The van der Waals surface area contributed by atoms with Crippen LogP contribution in [-0.4, -0.2) is 26.1 Å². The third kappa shape index (κ3) is 3.23. The molecular weight excluding hydrogens is 296 g/mol. The number of amides is 1. The van der Waals surface area contributed by atoms with Crippen molar-refractivity contribution in [3.63, 3.8) is 0 Å². The van der Waals surface area contributed by atoms with E-state index in [0.717, 1.165) is 28.8 Å². The number of halogens is 1. The Hall–Kier alpha value is -1.07. The number of ether oxygens (including phenoxy) is 1. The molecule has 0 spiro atoms. The average Bonchev–Trinajstić information content (AvgIpc) is 2.81. The minimum atomic E-state index is 0.0519. The Labute approximate surface area is 115 Å². The fourth-order valence-electron chi connectivity index (χ4n) is 2.00. The van der Waals surface area contributed by atoms with Crippen molar-refractivity contribution in [3.05, 3.63) is 27.7 Å². The molecule has 4 nitrogen and oxygen atoms in total. The summed E-state index contributed by atoms with van der Waals surface area (Å²) in [5.74, 6) is 0.989. The van der Waals surface area contributed by atoms with Crippen molar-refractivity contribution >= 4 is 21.8 Å². The molecule has 1 amide bonds. The predicted molar refractivity (Wildman–Crippen MR) is 73.7 cm³/mol. The zero-order chi connectivity index (χ0) is 13.0. The van der Waals surface area contributed by atoms with Crippen LogP contribution in [0.15, 0.2) is 16.6 Å². The quantitative estimate of drug-likeness (QED) is 0.868. The van der Waals surface area contributed by atoms with Gasteiger partial charge in [0.1, 0.15) is 5.75 Å². The van der Waals surface area contributed by atoms with Crippen LogP contribution in [0.5, 0.6) is 5.75 Å². The second kappa shape index (κ2) is 6.20. The second-order valence-corrected chi connectivity index (χ2v) is 5.20. The molecule has 0 bridgehead atoms. The number of benzene rings is 1. The van der Waals surface area contributed by atoms with Gasteiger partial charge in [-0.25, -0.2) is 0 Å². The zero-order valence-electron chi connectivity index (χ0n) is 10.4. The molecule has 0 saturated carbocycles. The van der Waals surface area contributed by atoms with E-state index in [1.165, 1.54) is 5.56 Å². The van der Waals surface area contributed by atoms with Crippen molar-refractivity contribution in [1.82, 2.24) is 10.6 Å². The summed E-state index contributed by atoms with van der Waals surface area (Å²) in [4.78, 5) is 11.6. The van der Waals surface area contributed by atoms with Gasteiger partial charge >= 0.3 is 0 Å². The van der Waals surface area contributed by atoms with Crippen LogP contribution in [0.25, 0.3) is 0 Å². The summed E-state index contributed by atoms with van der Waals surface area (Å²) in [6.45, 7) is 1.94. The number of carbonyl (C=O) groups is 1. The molecule has 0 atom stereocenters. The summed E-state index contributed by atoms with van der Waals surface area (Å²) >= 11 is 3.49. The minimum absolute atomic E-state index is 0.0519. The first kappa shape index (κ1) is 13.4. The van der Waals surface area contributed by atoms with E-state index in [9.17, 15) is 4.79 Å². The summed E-state index contributed by atoms with van der Waals surface area (Å²) in [7, 11) is 1.84. The summed E-state index contributed by atoms with van der Waals surface area (Å²) in [5, 5.41) is 5.87. The monoisotopic (exact) mass is 312 g/mol. The molecule has 0 saturated heterocycles. The smallest absolute Gasteiger partial charge is 0.221 e. The van der Waals surface area contributed by atoms with Crippen LogP contribution in [0, 0.1) is 0 Å². The van der Waals surface area contributed by atoms with Crippen LogP contribution in [0.4, 0.5) is 0 Å². The highest BCUT2D eigenvalue weighted by Crippen LogP contribution is 2.32. The molecule has 1 heterocycles. The second-order valence-electron chi connectivity index (χ2n) is 4.28. The maximum atomic E-state index is 11.6. The summed E-state index contributed by atoms with van der Waals surface area (Å²) in [5.41, 5.74) is 2.25. The molecule has 0 radical (unpaired) electrons. The Bertz CT molecular complexity index is 449. The SMILES string of the molecule is CNCCC(=O)NCc1cc(Br)cc2c1OCC2. The fraction of sp³-hybridized carbons (Fsp3) is 0.462. The largest absolute Gasteiger partial charge is 0.493 e. The van der Waals surface area contributed by atoms with E-state index in [1.54, 1.807) is 0 Å². The zero-order valence-corrected chi connectivity index (χ0v) is 12.0. The molecule has 98 valence electrons. The topological polar surface area (TPSA) is 50.4 Å². The van der Waals surface area contributed by atoms with Crippen molar-refractivity contribution in [2.24, 2.45) is 0 Å². The number of nitrogens with one attached hydrogen (secondary N) is 2. The standard InChI is InChI=1S/C13H17BrN2O2/c1-15-4-2-12(17)16-8-10-7-11(14)6-9-3-5-18-13(9)10/h6-7,15H,2-5,8H2,1H3,(H,16,17). The molecule has 1 aromatic carbocycles. The first-order valence-electron chi connectivity index (χ1n) is 6.06. The van der Waals surface area contributed by atoms with Crippen molar-refractivity contribution in [1.29, 1.82) is 0 Å². The van der Waals surface area contributed by atoms with Crippen LogP contribution >= 0.6 is 15.9 Å². The molecule has 1 aliphatic rings. The van der Waals surface area contributed by atoms with Gasteiger partial charge in [-0.2, -0.15) is 0 Å². The molecule has 2 N–H and O–H groups in total. The van der Waals surface area contributed by atoms with E-state index in [1.807, 2.05) is 13.1 Å². The van der Waals surface area contributed by atoms with Crippen molar-refractivity contribution < 1.29 is 9.53 Å². The molecule has 0 unspecified atom stereocenters. The number of hydrogen-bond acceptors (Lipinski definition) is 3. The van der Waals surface area contributed by atoms with Gasteiger partial charge in [0.15, 0.2) is 0 Å². The van der Waals surface area contributed by atoms with E-state index >= 15 is 0 Å². The maximum absolute atomic E-state index is 11.6. The summed E-state index contributed by atoms with van der Waals surface area (Å²) in [6.07, 6.45) is 1.43. The van der Waals surface area contributed by atoms with E-state index in [2.05, 4.69) is 32.6 Å². The van der Waals surface area contributed by atoms with E-state index in [4.69, 9.17) is 4.74 Å². The first-order chi connectivity index (χ1) is 8.70. The van der Waals surface area contributed by atoms with E-state index in [-0.39, 0.29) is 5.91 Å². The van der Waals surface area contributed by atoms with Crippen LogP contribution in [0.3, 0.4) is 0 Å². The van der Waals surface area contributed by atoms with Gasteiger partial charge in [0.2, 0.25) is 5.91 Å². The molecule has 1 aromatic rings. The molecule has 0 fully saturated rings. The van der Waals surface area contributed by atoms with Crippen molar-refractivity contribution in [2.45, 2.75) is 19.4 Å². The van der Waals surface area contributed by atoms with Gasteiger partial charge in [-0.1, -0.05) is 15.9 Å². The van der Waals surface area contributed by atoms with E-state index in [0.29, 0.717) is 19.5 Å². The highest BCUT2D eigenvalue weighted by molar-refractivity contribution is 9.10. The van der Waals surface area contributed by atoms with E-state index < -0.39 is 0 Å². The lowest BCUT2D eigenvalue weighted by atomic mass is 10.1. The molecule has 0 aromatic heterocycles. The van der Waals surface area contributed by atoms with Gasteiger partial charge in [-0.05, 0) is 24.7 Å². The Balaban J connectivity index is 1.99. The van der Waals surface area contributed by atoms with Crippen LogP contribution < -0.4 is 15.4 Å². The van der Waals surface area contributed by atoms with Gasteiger partial charge in [-0.3, -0.25) is 4.79 Å². The van der Waals surface area contributed by atoms with Gasteiger partial charge in [0.05, 0.1) is 6.61 Å². The third-order valence-corrected chi connectivity index (χ3v) is 3.36. The first-order valence-corrected chi connectivity index (χ1v) is 6.85. The lowest BCUT2D eigenvalue weighted by molar-refractivity contribution is -0.121. The number of fused-ring (bicyclic) bond motifs is 1. The number of rotatable bonds is 5. The van der Waals surface area contributed by atoms with Gasteiger partial charge in [-0.15, -0.1) is 0 Å². The lowest BCUT2D eigenvalue weighted by Crippen LogP contribution is -2.26. The Morgan fingerprint density at radius 1 is 1.50 bits per heavy atom. The maximum Gasteiger partial charge on any atom is 0.221 e. The molecule has 0 aliphatic carbocycles.